The molecule has 0 fully saturated rings. The zero-order chi connectivity index (χ0) is 19.2. The number of benzene rings is 1. The summed E-state index contributed by atoms with van der Waals surface area (Å²) in [4.78, 5) is 32.7. The summed E-state index contributed by atoms with van der Waals surface area (Å²) >= 11 is 0. The molecule has 0 aliphatic heterocycles. The zero-order valence-electron chi connectivity index (χ0n) is 13.1. The standard InChI is InChI=1S/C13H14N2O9S/c1-8(12(16)22-2)11(24-25(20,21)14-13(17)23-3)9-4-6-10(7-5-9)15(18)19/h4-7,11H,1H2,2-3H3,(H,14,17). The monoisotopic (exact) mass is 374 g/mol. The number of hydrogen-bond acceptors (Lipinski definition) is 9. The van der Waals surface area contributed by atoms with Crippen molar-refractivity contribution < 1.29 is 36.6 Å². The number of hydrogen-bond donors (Lipinski definition) is 1. The molecule has 25 heavy (non-hydrogen) atoms. The molecule has 0 aromatic heterocycles. The van der Waals surface area contributed by atoms with Gasteiger partial charge in [0, 0.05) is 12.1 Å². The molecule has 0 saturated carbocycles. The lowest BCUT2D eigenvalue weighted by Gasteiger charge is -2.18. The molecule has 0 bridgehead atoms. The first kappa shape index (κ1) is 20.1. The molecule has 1 unspecified atom stereocenters. The van der Waals surface area contributed by atoms with Gasteiger partial charge in [-0.15, -0.1) is 0 Å². The van der Waals surface area contributed by atoms with Crippen LogP contribution in [0.2, 0.25) is 0 Å². The van der Waals surface area contributed by atoms with Crippen LogP contribution >= 0.6 is 0 Å². The van der Waals surface area contributed by atoms with Gasteiger partial charge >= 0.3 is 22.4 Å². The highest BCUT2D eigenvalue weighted by Crippen LogP contribution is 2.28. The van der Waals surface area contributed by atoms with Gasteiger partial charge in [-0.3, -0.25) is 10.1 Å². The van der Waals surface area contributed by atoms with Crippen molar-refractivity contribution in [2.45, 2.75) is 6.10 Å². The average Bonchev–Trinajstić information content (AvgIpc) is 2.57. The van der Waals surface area contributed by atoms with Gasteiger partial charge in [-0.05, 0) is 17.7 Å². The van der Waals surface area contributed by atoms with E-state index in [1.165, 1.54) is 16.9 Å². The molecule has 0 heterocycles. The largest absolute Gasteiger partial charge is 0.466 e. The summed E-state index contributed by atoms with van der Waals surface area (Å²) in [6.07, 6.45) is -2.90. The van der Waals surface area contributed by atoms with Crippen molar-refractivity contribution in [2.75, 3.05) is 14.2 Å². The molecular weight excluding hydrogens is 360 g/mol. The van der Waals surface area contributed by atoms with Crippen molar-refractivity contribution in [3.05, 3.63) is 52.1 Å². The van der Waals surface area contributed by atoms with Gasteiger partial charge in [-0.2, -0.15) is 13.1 Å². The first-order valence-corrected chi connectivity index (χ1v) is 7.82. The molecule has 12 heteroatoms. The van der Waals surface area contributed by atoms with Gasteiger partial charge in [-0.25, -0.2) is 13.8 Å². The Hall–Kier alpha value is -2.99. The minimum atomic E-state index is -4.68. The highest BCUT2D eigenvalue weighted by atomic mass is 32.2. The maximum absolute atomic E-state index is 11.8. The maximum atomic E-state index is 11.8. The Morgan fingerprint density at radius 1 is 1.20 bits per heavy atom. The fraction of sp³-hybridized carbons (Fsp3) is 0.231. The quantitative estimate of drug-likeness (QED) is 0.318. The van der Waals surface area contributed by atoms with Crippen molar-refractivity contribution in [1.82, 2.24) is 4.72 Å². The minimum Gasteiger partial charge on any atom is -0.466 e. The van der Waals surface area contributed by atoms with Crippen molar-refractivity contribution >= 4 is 28.1 Å². The molecule has 1 aromatic rings. The third-order valence-corrected chi connectivity index (χ3v) is 3.65. The second-order valence-electron chi connectivity index (χ2n) is 4.39. The van der Waals surface area contributed by atoms with Gasteiger partial charge in [0.15, 0.2) is 0 Å². The van der Waals surface area contributed by atoms with Crippen molar-refractivity contribution in [3.63, 3.8) is 0 Å². The number of ether oxygens (including phenoxy) is 2. The van der Waals surface area contributed by atoms with Gasteiger partial charge in [0.2, 0.25) is 0 Å². The highest BCUT2D eigenvalue weighted by molar-refractivity contribution is 7.85. The van der Waals surface area contributed by atoms with Crippen LogP contribution in [0.3, 0.4) is 0 Å². The summed E-state index contributed by atoms with van der Waals surface area (Å²) in [7, 11) is -2.70. The summed E-state index contributed by atoms with van der Waals surface area (Å²) < 4.78 is 38.5. The number of nitrogens with one attached hydrogen (secondary N) is 1. The van der Waals surface area contributed by atoms with Gasteiger partial charge in [0.05, 0.1) is 24.7 Å². The number of nitrogens with zero attached hydrogens (tertiary/aromatic N) is 1. The zero-order valence-corrected chi connectivity index (χ0v) is 13.9. The number of carbonyl (C=O) groups is 2. The van der Waals surface area contributed by atoms with Crippen LogP contribution in [0.15, 0.2) is 36.4 Å². The van der Waals surface area contributed by atoms with E-state index in [1.807, 2.05) is 0 Å². The Balaban J connectivity index is 3.21. The van der Waals surface area contributed by atoms with E-state index in [4.69, 9.17) is 4.18 Å². The number of esters is 1. The molecular formula is C13H14N2O9S. The smallest absolute Gasteiger partial charge is 0.422 e. The molecule has 1 N–H and O–H groups in total. The van der Waals surface area contributed by atoms with Gasteiger partial charge in [0.1, 0.15) is 6.10 Å². The Kier molecular flexibility index (Phi) is 6.59. The fourth-order valence-corrected chi connectivity index (χ4v) is 2.43. The van der Waals surface area contributed by atoms with Crippen LogP contribution in [0.1, 0.15) is 11.7 Å². The topological polar surface area (TPSA) is 151 Å². The predicted octanol–water partition coefficient (Wildman–Crippen LogP) is 0.982. The van der Waals surface area contributed by atoms with Crippen LogP contribution < -0.4 is 4.72 Å². The van der Waals surface area contributed by atoms with Gasteiger partial charge in [0.25, 0.3) is 5.69 Å². The van der Waals surface area contributed by atoms with Crippen LogP contribution in [0, 0.1) is 10.1 Å². The third kappa shape index (κ3) is 5.54. The molecule has 0 radical (unpaired) electrons. The lowest BCUT2D eigenvalue weighted by molar-refractivity contribution is -0.384. The Labute approximate surface area is 142 Å². The molecule has 1 rings (SSSR count). The molecule has 1 amide bonds. The minimum absolute atomic E-state index is 0.0521. The number of methoxy groups -OCH3 is 2. The van der Waals surface area contributed by atoms with Crippen molar-refractivity contribution in [1.29, 1.82) is 0 Å². The Bertz CT molecular complexity index is 786. The van der Waals surface area contributed by atoms with Crippen LogP contribution in [0.25, 0.3) is 0 Å². The first-order chi connectivity index (χ1) is 11.6. The number of nitro groups is 1. The van der Waals surface area contributed by atoms with Gasteiger partial charge in [-0.1, -0.05) is 6.58 Å². The van der Waals surface area contributed by atoms with E-state index in [1.54, 1.807) is 0 Å². The van der Waals surface area contributed by atoms with E-state index < -0.39 is 39.0 Å². The van der Waals surface area contributed by atoms with Crippen LogP contribution in [-0.4, -0.2) is 39.6 Å². The average molecular weight is 374 g/mol. The summed E-state index contributed by atoms with van der Waals surface area (Å²) in [6, 6.07) is 4.50. The molecule has 11 nitrogen and oxygen atoms in total. The van der Waals surface area contributed by atoms with E-state index in [0.717, 1.165) is 26.4 Å². The molecule has 136 valence electrons. The van der Waals surface area contributed by atoms with E-state index in [-0.39, 0.29) is 11.3 Å². The second kappa shape index (κ2) is 8.21. The highest BCUT2D eigenvalue weighted by Gasteiger charge is 2.29. The van der Waals surface area contributed by atoms with E-state index in [2.05, 4.69) is 16.1 Å². The molecule has 1 aromatic carbocycles. The lowest BCUT2D eigenvalue weighted by Crippen LogP contribution is -2.33. The van der Waals surface area contributed by atoms with E-state index in [0.29, 0.717) is 0 Å². The maximum Gasteiger partial charge on any atom is 0.422 e. The lowest BCUT2D eigenvalue weighted by atomic mass is 10.0. The Morgan fingerprint density at radius 2 is 1.76 bits per heavy atom. The van der Waals surface area contributed by atoms with Crippen LogP contribution in [0.5, 0.6) is 0 Å². The van der Waals surface area contributed by atoms with Gasteiger partial charge < -0.3 is 9.47 Å². The van der Waals surface area contributed by atoms with E-state index in [9.17, 15) is 28.1 Å². The summed E-state index contributed by atoms with van der Waals surface area (Å²) in [5.41, 5.74) is -0.621. The van der Waals surface area contributed by atoms with E-state index >= 15 is 0 Å². The molecule has 0 spiro atoms. The fourth-order valence-electron chi connectivity index (χ4n) is 1.62. The predicted molar refractivity (Wildman–Crippen MR) is 82.5 cm³/mol. The number of amides is 1. The Morgan fingerprint density at radius 3 is 2.20 bits per heavy atom. The molecule has 1 atom stereocenters. The number of nitro benzene ring substituents is 1. The summed E-state index contributed by atoms with van der Waals surface area (Å²) in [5, 5.41) is 10.7. The van der Waals surface area contributed by atoms with Crippen molar-refractivity contribution in [3.8, 4) is 0 Å². The third-order valence-electron chi connectivity index (χ3n) is 2.79. The normalized spacial score (nSPS) is 11.9. The number of non-ortho nitro benzene ring substituents is 1. The second-order valence-corrected chi connectivity index (χ2v) is 5.69. The number of rotatable bonds is 7. The van der Waals surface area contributed by atoms with Crippen LogP contribution in [0.4, 0.5) is 10.5 Å². The molecule has 0 aliphatic rings. The first-order valence-electron chi connectivity index (χ1n) is 6.41. The molecule has 0 saturated heterocycles. The SMILES string of the molecule is C=C(C(=O)OC)C(OS(=O)(=O)NC(=O)OC)c1ccc([N+](=O)[O-])cc1. The summed E-state index contributed by atoms with van der Waals surface area (Å²) in [5.74, 6) is -0.975. The molecule has 0 aliphatic carbocycles. The summed E-state index contributed by atoms with van der Waals surface area (Å²) in [6.45, 7) is 3.40. The van der Waals surface area contributed by atoms with Crippen molar-refractivity contribution in [2.24, 2.45) is 0 Å². The van der Waals surface area contributed by atoms with Crippen LogP contribution in [-0.2, 0) is 28.8 Å². The number of carbonyl (C=O) groups excluding carboxylic acids is 2.